The van der Waals surface area contributed by atoms with Gasteiger partial charge in [-0.3, -0.25) is 10.1 Å². The second-order valence-electron chi connectivity index (χ2n) is 6.58. The molecule has 3 heteroatoms. The fraction of sp³-hybridized carbons (Fsp3) is 0.588. The molecule has 0 saturated carbocycles. The van der Waals surface area contributed by atoms with Crippen LogP contribution in [-0.2, 0) is 9.53 Å². The Morgan fingerprint density at radius 2 is 1.65 bits per heavy atom. The van der Waals surface area contributed by atoms with Gasteiger partial charge < -0.3 is 4.74 Å². The second kappa shape index (κ2) is 6.89. The number of nitrogens with one attached hydrogen (secondary N) is 1. The highest BCUT2D eigenvalue weighted by Gasteiger charge is 2.34. The van der Waals surface area contributed by atoms with Crippen LogP contribution in [0.1, 0.15) is 53.1 Å². The average Bonchev–Trinajstić information content (AvgIpc) is 2.34. The number of esters is 1. The van der Waals surface area contributed by atoms with Gasteiger partial charge in [-0.25, -0.2) is 0 Å². The molecular weight excluding hydrogens is 250 g/mol. The predicted molar refractivity (Wildman–Crippen MR) is 82.5 cm³/mol. The Hall–Kier alpha value is -1.35. The first-order valence-corrected chi connectivity index (χ1v) is 7.23. The predicted octanol–water partition coefficient (Wildman–Crippen LogP) is 3.70. The topological polar surface area (TPSA) is 38.3 Å². The minimum atomic E-state index is -0.333. The summed E-state index contributed by atoms with van der Waals surface area (Å²) in [6.07, 6.45) is -0.0961. The van der Waals surface area contributed by atoms with Crippen LogP contribution in [0.5, 0.6) is 0 Å². The maximum Gasteiger partial charge on any atom is 0.323 e. The van der Waals surface area contributed by atoms with Gasteiger partial charge in [0.15, 0.2) is 0 Å². The van der Waals surface area contributed by atoms with Gasteiger partial charge in [0.1, 0.15) is 6.04 Å². The second-order valence-corrected chi connectivity index (χ2v) is 6.58. The molecule has 1 aromatic carbocycles. The van der Waals surface area contributed by atoms with Crippen LogP contribution in [-0.4, -0.2) is 18.1 Å². The minimum absolute atomic E-state index is 0.0961. The van der Waals surface area contributed by atoms with Crippen molar-refractivity contribution >= 4 is 5.97 Å². The molecule has 0 fully saturated rings. The van der Waals surface area contributed by atoms with Crippen LogP contribution in [0.25, 0.3) is 0 Å². The summed E-state index contributed by atoms with van der Waals surface area (Å²) in [5, 5.41) is 3.40. The quantitative estimate of drug-likeness (QED) is 0.834. The first kappa shape index (κ1) is 16.7. The molecule has 0 aromatic heterocycles. The van der Waals surface area contributed by atoms with Crippen molar-refractivity contribution in [3.8, 4) is 0 Å². The molecule has 0 aliphatic rings. The lowest BCUT2D eigenvalue weighted by Crippen LogP contribution is -2.48. The summed E-state index contributed by atoms with van der Waals surface area (Å²) >= 11 is 0. The highest BCUT2D eigenvalue weighted by Crippen LogP contribution is 2.24. The van der Waals surface area contributed by atoms with Crippen molar-refractivity contribution < 1.29 is 9.53 Å². The summed E-state index contributed by atoms with van der Waals surface area (Å²) in [5.74, 6) is -0.185. The van der Waals surface area contributed by atoms with E-state index in [9.17, 15) is 4.79 Å². The Morgan fingerprint density at radius 1 is 1.10 bits per heavy atom. The summed E-state index contributed by atoms with van der Waals surface area (Å²) in [7, 11) is 0. The van der Waals surface area contributed by atoms with Crippen LogP contribution in [0.15, 0.2) is 30.3 Å². The van der Waals surface area contributed by atoms with Gasteiger partial charge >= 0.3 is 5.97 Å². The Morgan fingerprint density at radius 3 is 2.10 bits per heavy atom. The van der Waals surface area contributed by atoms with Gasteiger partial charge in [-0.2, -0.15) is 0 Å². The number of hydrogen-bond acceptors (Lipinski definition) is 3. The third-order valence-corrected chi connectivity index (χ3v) is 3.17. The van der Waals surface area contributed by atoms with Crippen molar-refractivity contribution in [2.24, 2.45) is 5.41 Å². The molecule has 2 atom stereocenters. The number of carbonyl (C=O) groups is 1. The van der Waals surface area contributed by atoms with E-state index in [4.69, 9.17) is 4.74 Å². The summed E-state index contributed by atoms with van der Waals surface area (Å²) in [5.41, 5.74) is 0.966. The lowest BCUT2D eigenvalue weighted by atomic mass is 9.86. The zero-order chi connectivity index (χ0) is 15.3. The number of hydrogen-bond donors (Lipinski definition) is 1. The van der Waals surface area contributed by atoms with E-state index in [-0.39, 0.29) is 29.6 Å². The average molecular weight is 277 g/mol. The minimum Gasteiger partial charge on any atom is -0.462 e. The molecule has 1 rings (SSSR count). The molecular formula is C17H27NO2. The number of ether oxygens (including phenoxy) is 1. The fourth-order valence-electron chi connectivity index (χ4n) is 2.06. The van der Waals surface area contributed by atoms with Crippen molar-refractivity contribution in [3.63, 3.8) is 0 Å². The van der Waals surface area contributed by atoms with Crippen LogP contribution in [0.4, 0.5) is 0 Å². The molecule has 0 amide bonds. The van der Waals surface area contributed by atoms with Crippen molar-refractivity contribution in [2.75, 3.05) is 0 Å². The Kier molecular flexibility index (Phi) is 5.75. The molecule has 0 spiro atoms. The molecule has 0 saturated heterocycles. The Bertz CT molecular complexity index is 420. The molecule has 0 heterocycles. The molecule has 3 nitrogen and oxygen atoms in total. The first-order chi connectivity index (χ1) is 9.21. The summed E-state index contributed by atoms with van der Waals surface area (Å²) < 4.78 is 5.37. The maximum absolute atomic E-state index is 12.3. The van der Waals surface area contributed by atoms with Gasteiger partial charge in [-0.15, -0.1) is 0 Å². The lowest BCUT2D eigenvalue weighted by Gasteiger charge is -2.32. The third-order valence-electron chi connectivity index (χ3n) is 3.17. The smallest absolute Gasteiger partial charge is 0.323 e. The third kappa shape index (κ3) is 4.97. The first-order valence-electron chi connectivity index (χ1n) is 7.23. The fourth-order valence-corrected chi connectivity index (χ4v) is 2.06. The zero-order valence-corrected chi connectivity index (χ0v) is 13.4. The normalized spacial score (nSPS) is 14.9. The molecule has 0 aliphatic heterocycles. The van der Waals surface area contributed by atoms with Crippen molar-refractivity contribution in [1.82, 2.24) is 5.32 Å². The number of rotatable bonds is 5. The summed E-state index contributed by atoms with van der Waals surface area (Å²) in [4.78, 5) is 12.3. The molecule has 0 unspecified atom stereocenters. The van der Waals surface area contributed by atoms with Gasteiger partial charge in [0, 0.05) is 6.04 Å². The molecule has 112 valence electrons. The SMILES string of the molecule is CC(C)OC(=O)[C@H](N[C@H](C)c1ccccc1)C(C)(C)C. The summed E-state index contributed by atoms with van der Waals surface area (Å²) in [6, 6.07) is 9.89. The van der Waals surface area contributed by atoms with Crippen LogP contribution in [0.2, 0.25) is 0 Å². The largest absolute Gasteiger partial charge is 0.462 e. The van der Waals surface area contributed by atoms with Crippen LogP contribution >= 0.6 is 0 Å². The van der Waals surface area contributed by atoms with Gasteiger partial charge in [-0.05, 0) is 31.7 Å². The monoisotopic (exact) mass is 277 g/mol. The lowest BCUT2D eigenvalue weighted by molar-refractivity contribution is -0.153. The molecule has 0 aliphatic carbocycles. The molecule has 1 aromatic rings. The Labute approximate surface area is 122 Å². The van der Waals surface area contributed by atoms with E-state index in [0.29, 0.717) is 0 Å². The van der Waals surface area contributed by atoms with E-state index in [0.717, 1.165) is 0 Å². The van der Waals surface area contributed by atoms with Gasteiger partial charge in [0.05, 0.1) is 6.10 Å². The maximum atomic E-state index is 12.3. The van der Waals surface area contributed by atoms with Crippen LogP contribution < -0.4 is 5.32 Å². The summed E-state index contributed by atoms with van der Waals surface area (Å²) in [6.45, 7) is 11.9. The highest BCUT2D eigenvalue weighted by atomic mass is 16.5. The van der Waals surface area contributed by atoms with E-state index in [1.54, 1.807) is 0 Å². The highest BCUT2D eigenvalue weighted by molar-refractivity contribution is 5.77. The van der Waals surface area contributed by atoms with Gasteiger partial charge in [0.2, 0.25) is 0 Å². The van der Waals surface area contributed by atoms with Crippen molar-refractivity contribution in [2.45, 2.75) is 59.7 Å². The number of benzene rings is 1. The Balaban J connectivity index is 2.83. The van der Waals surface area contributed by atoms with E-state index in [2.05, 4.69) is 24.4 Å². The standard InChI is InChI=1S/C17H27NO2/c1-12(2)20-16(19)15(17(4,5)6)18-13(3)14-10-8-7-9-11-14/h7-13,15,18H,1-6H3/t13-,15+/m1/s1. The molecule has 1 N–H and O–H groups in total. The molecule has 0 radical (unpaired) electrons. The van der Waals surface area contributed by atoms with Gasteiger partial charge in [0.25, 0.3) is 0 Å². The molecule has 0 bridgehead atoms. The van der Waals surface area contributed by atoms with E-state index in [1.165, 1.54) is 5.56 Å². The molecule has 20 heavy (non-hydrogen) atoms. The number of carbonyl (C=O) groups excluding carboxylic acids is 1. The van der Waals surface area contributed by atoms with E-state index < -0.39 is 0 Å². The zero-order valence-electron chi connectivity index (χ0n) is 13.4. The van der Waals surface area contributed by atoms with E-state index >= 15 is 0 Å². The van der Waals surface area contributed by atoms with Crippen molar-refractivity contribution in [1.29, 1.82) is 0 Å². The van der Waals surface area contributed by atoms with Gasteiger partial charge in [-0.1, -0.05) is 51.1 Å². The van der Waals surface area contributed by atoms with Crippen LogP contribution in [0.3, 0.4) is 0 Å². The van der Waals surface area contributed by atoms with Crippen molar-refractivity contribution in [3.05, 3.63) is 35.9 Å². The van der Waals surface area contributed by atoms with Crippen LogP contribution in [0, 0.1) is 5.41 Å². The van der Waals surface area contributed by atoms with E-state index in [1.807, 2.05) is 52.8 Å².